The lowest BCUT2D eigenvalue weighted by Crippen LogP contribution is -2.30. The fourth-order valence-corrected chi connectivity index (χ4v) is 0.799. The van der Waals surface area contributed by atoms with Gasteiger partial charge in [-0.3, -0.25) is 0 Å². The molecule has 0 saturated heterocycles. The first-order valence-electron chi connectivity index (χ1n) is 2.78. The first-order valence-corrected chi connectivity index (χ1v) is 3.16. The third-order valence-electron chi connectivity index (χ3n) is 1.23. The van der Waals surface area contributed by atoms with Crippen molar-refractivity contribution in [1.29, 1.82) is 0 Å². The first-order chi connectivity index (χ1) is 4.65. The number of rotatable bonds is 1. The molecule has 1 N–H and O–H groups in total. The van der Waals surface area contributed by atoms with E-state index in [0.29, 0.717) is 0 Å². The molecule has 0 aromatic carbocycles. The van der Waals surface area contributed by atoms with Gasteiger partial charge in [-0.25, -0.2) is 4.79 Å². The summed E-state index contributed by atoms with van der Waals surface area (Å²) in [6.07, 6.45) is 7.81. The van der Waals surface area contributed by atoms with Gasteiger partial charge < -0.3 is 5.11 Å². The van der Waals surface area contributed by atoms with Gasteiger partial charge in [-0.1, -0.05) is 24.3 Å². The highest BCUT2D eigenvalue weighted by molar-refractivity contribution is 6.36. The predicted octanol–water partition coefficient (Wildman–Crippen LogP) is 1.38. The summed E-state index contributed by atoms with van der Waals surface area (Å²) in [6, 6.07) is 0. The van der Waals surface area contributed by atoms with Crippen LogP contribution in [0.3, 0.4) is 0 Å². The van der Waals surface area contributed by atoms with Crippen LogP contribution in [-0.2, 0) is 4.79 Å². The maximum absolute atomic E-state index is 10.4. The molecule has 1 radical (unpaired) electrons. The minimum atomic E-state index is -1.32. The highest BCUT2D eigenvalue weighted by Crippen LogP contribution is 2.24. The zero-order valence-corrected chi connectivity index (χ0v) is 5.88. The predicted molar refractivity (Wildman–Crippen MR) is 38.8 cm³/mol. The van der Waals surface area contributed by atoms with Crippen molar-refractivity contribution >= 4 is 17.6 Å². The molecule has 0 aromatic rings. The van der Waals surface area contributed by atoms with Crippen LogP contribution in [0.2, 0.25) is 0 Å². The van der Waals surface area contributed by atoms with Crippen LogP contribution in [-0.4, -0.2) is 16.0 Å². The molecular weight excluding hydrogens is 152 g/mol. The van der Waals surface area contributed by atoms with E-state index in [4.69, 9.17) is 16.7 Å². The summed E-state index contributed by atoms with van der Waals surface area (Å²) in [5.74, 6) is -1.05. The molecule has 53 valence electrons. The average Bonchev–Trinajstić information content (AvgIpc) is 1.89. The summed E-state index contributed by atoms with van der Waals surface area (Å²) >= 11 is 5.62. The normalized spacial score (nSPS) is 30.5. The van der Waals surface area contributed by atoms with Crippen molar-refractivity contribution in [3.63, 3.8) is 0 Å². The fourth-order valence-electron chi connectivity index (χ4n) is 0.653. The van der Waals surface area contributed by atoms with E-state index in [2.05, 4.69) is 0 Å². The van der Waals surface area contributed by atoms with Crippen LogP contribution >= 0.6 is 11.6 Å². The number of carbonyl (C=O) groups is 1. The second kappa shape index (κ2) is 2.46. The van der Waals surface area contributed by atoms with Crippen LogP contribution in [0, 0.1) is 6.42 Å². The Bertz CT molecular complexity index is 208. The molecule has 0 spiro atoms. The van der Waals surface area contributed by atoms with Gasteiger partial charge in [-0.2, -0.15) is 0 Å². The van der Waals surface area contributed by atoms with Gasteiger partial charge in [0.2, 0.25) is 0 Å². The molecular formula is C7H6ClO2. The number of halogens is 1. The summed E-state index contributed by atoms with van der Waals surface area (Å²) in [6.45, 7) is 0. The zero-order valence-electron chi connectivity index (χ0n) is 5.12. The van der Waals surface area contributed by atoms with E-state index in [9.17, 15) is 4.79 Å². The minimum absolute atomic E-state index is 1.05. The zero-order chi connectivity index (χ0) is 7.61. The van der Waals surface area contributed by atoms with Gasteiger partial charge in [0.05, 0.1) is 0 Å². The van der Waals surface area contributed by atoms with Gasteiger partial charge in [0.1, 0.15) is 0 Å². The van der Waals surface area contributed by atoms with Gasteiger partial charge in [0, 0.05) is 6.42 Å². The smallest absolute Gasteiger partial charge is 0.329 e. The monoisotopic (exact) mass is 157 g/mol. The number of hydrogen-bond donors (Lipinski definition) is 1. The van der Waals surface area contributed by atoms with E-state index in [1.807, 2.05) is 0 Å². The Labute approximate surface area is 63.8 Å². The van der Waals surface area contributed by atoms with Crippen LogP contribution in [0.1, 0.15) is 0 Å². The van der Waals surface area contributed by atoms with Crippen LogP contribution in [0.5, 0.6) is 0 Å². The molecule has 1 aliphatic rings. The number of carboxylic acids is 1. The highest BCUT2D eigenvalue weighted by atomic mass is 35.5. The quantitative estimate of drug-likeness (QED) is 0.584. The third-order valence-corrected chi connectivity index (χ3v) is 1.64. The molecule has 0 aromatic heterocycles. The lowest BCUT2D eigenvalue weighted by Gasteiger charge is -2.16. The average molecular weight is 158 g/mol. The van der Waals surface area contributed by atoms with E-state index in [-0.39, 0.29) is 0 Å². The van der Waals surface area contributed by atoms with Gasteiger partial charge >= 0.3 is 5.97 Å². The first kappa shape index (κ1) is 7.35. The molecule has 0 heterocycles. The topological polar surface area (TPSA) is 37.3 Å². The molecule has 0 bridgehead atoms. The number of alkyl halides is 1. The lowest BCUT2D eigenvalue weighted by molar-refractivity contribution is -0.137. The van der Waals surface area contributed by atoms with Crippen LogP contribution in [0.25, 0.3) is 0 Å². The van der Waals surface area contributed by atoms with E-state index < -0.39 is 10.8 Å². The summed E-state index contributed by atoms with van der Waals surface area (Å²) < 4.78 is 0. The summed E-state index contributed by atoms with van der Waals surface area (Å²) in [5.41, 5.74) is 0. The molecule has 0 saturated carbocycles. The Morgan fingerprint density at radius 2 is 2.10 bits per heavy atom. The largest absolute Gasteiger partial charge is 0.480 e. The van der Waals surface area contributed by atoms with Crippen LogP contribution in [0.15, 0.2) is 24.3 Å². The van der Waals surface area contributed by atoms with E-state index in [1.54, 1.807) is 18.2 Å². The Morgan fingerprint density at radius 3 is 2.40 bits per heavy atom. The Morgan fingerprint density at radius 1 is 1.40 bits per heavy atom. The molecule has 1 unspecified atom stereocenters. The lowest BCUT2D eigenvalue weighted by atomic mass is 10.0. The molecule has 1 rings (SSSR count). The molecule has 1 aliphatic carbocycles. The Hall–Kier alpha value is -0.760. The molecule has 10 heavy (non-hydrogen) atoms. The van der Waals surface area contributed by atoms with Gasteiger partial charge in [-0.15, -0.1) is 11.6 Å². The van der Waals surface area contributed by atoms with Gasteiger partial charge in [0.25, 0.3) is 0 Å². The second-order valence-electron chi connectivity index (χ2n) is 1.98. The highest BCUT2D eigenvalue weighted by Gasteiger charge is 2.32. The molecule has 2 nitrogen and oxygen atoms in total. The summed E-state index contributed by atoms with van der Waals surface area (Å²) in [7, 11) is 0. The summed E-state index contributed by atoms with van der Waals surface area (Å²) in [5, 5.41) is 8.55. The van der Waals surface area contributed by atoms with Crippen molar-refractivity contribution in [2.24, 2.45) is 0 Å². The molecule has 0 fully saturated rings. The maximum Gasteiger partial charge on any atom is 0.329 e. The maximum atomic E-state index is 10.4. The minimum Gasteiger partial charge on any atom is -0.480 e. The SMILES string of the molecule is O=C(O)C1(Cl)[CH]C=CC=C1. The van der Waals surface area contributed by atoms with Crippen molar-refractivity contribution in [3.05, 3.63) is 30.7 Å². The van der Waals surface area contributed by atoms with Crippen molar-refractivity contribution in [2.75, 3.05) is 0 Å². The van der Waals surface area contributed by atoms with Crippen LogP contribution < -0.4 is 0 Å². The number of allylic oxidation sites excluding steroid dienone is 3. The second-order valence-corrected chi connectivity index (χ2v) is 2.61. The molecule has 3 heteroatoms. The Balaban J connectivity index is 2.80. The van der Waals surface area contributed by atoms with Crippen LogP contribution in [0.4, 0.5) is 0 Å². The third kappa shape index (κ3) is 1.21. The Kier molecular flexibility index (Phi) is 1.81. The van der Waals surface area contributed by atoms with E-state index in [1.165, 1.54) is 12.5 Å². The molecule has 1 atom stereocenters. The standard InChI is InChI=1S/C7H6ClO2/c8-7(6(9)10)4-2-1-3-5-7/h1-5H,(H,9,10). The van der Waals surface area contributed by atoms with Crippen molar-refractivity contribution in [1.82, 2.24) is 0 Å². The van der Waals surface area contributed by atoms with Crippen molar-refractivity contribution in [2.45, 2.75) is 4.87 Å². The number of aliphatic carboxylic acids is 1. The van der Waals surface area contributed by atoms with Crippen molar-refractivity contribution < 1.29 is 9.90 Å². The summed E-state index contributed by atoms with van der Waals surface area (Å²) in [4.78, 5) is 9.10. The van der Waals surface area contributed by atoms with Crippen molar-refractivity contribution in [3.8, 4) is 0 Å². The molecule has 0 amide bonds. The number of hydrogen-bond acceptors (Lipinski definition) is 1. The van der Waals surface area contributed by atoms with E-state index >= 15 is 0 Å². The molecule has 0 aliphatic heterocycles. The fraction of sp³-hybridized carbons (Fsp3) is 0.143. The van der Waals surface area contributed by atoms with Gasteiger partial charge in [-0.05, 0) is 0 Å². The van der Waals surface area contributed by atoms with Gasteiger partial charge in [0.15, 0.2) is 4.87 Å². The number of carboxylic acid groups (broad SMARTS) is 1. The van der Waals surface area contributed by atoms with E-state index in [0.717, 1.165) is 0 Å².